The maximum atomic E-state index is 12.6. The SMILES string of the molecule is Cc1cc(-c2[nH]c3ccc(-c4nc(C(=O)NCCCN5CCCC5)co4)cc3c2C(C)C)cc(C)n1. The highest BCUT2D eigenvalue weighted by atomic mass is 16.3. The number of benzene rings is 1. The molecule has 1 aliphatic rings. The van der Waals surface area contributed by atoms with Crippen LogP contribution in [0.4, 0.5) is 0 Å². The van der Waals surface area contributed by atoms with E-state index >= 15 is 0 Å². The molecule has 36 heavy (non-hydrogen) atoms. The molecule has 4 heterocycles. The third kappa shape index (κ3) is 5.07. The first-order chi connectivity index (χ1) is 17.4. The van der Waals surface area contributed by atoms with Crippen LogP contribution in [0.25, 0.3) is 33.6 Å². The van der Waals surface area contributed by atoms with Crippen molar-refractivity contribution in [3.8, 4) is 22.7 Å². The van der Waals surface area contributed by atoms with Gasteiger partial charge in [0, 0.05) is 40.0 Å². The van der Waals surface area contributed by atoms with Crippen LogP contribution in [0.5, 0.6) is 0 Å². The summed E-state index contributed by atoms with van der Waals surface area (Å²) in [6, 6.07) is 10.4. The smallest absolute Gasteiger partial charge is 0.273 e. The molecular weight excluding hydrogens is 450 g/mol. The van der Waals surface area contributed by atoms with Crippen LogP contribution in [0.1, 0.15) is 66.5 Å². The number of carbonyl (C=O) groups is 1. The molecule has 3 aromatic heterocycles. The average Bonchev–Trinajstić information content (AvgIpc) is 3.60. The molecule has 5 rings (SSSR count). The Labute approximate surface area is 212 Å². The monoisotopic (exact) mass is 485 g/mol. The second-order valence-electron chi connectivity index (χ2n) is 10.2. The van der Waals surface area contributed by atoms with Crippen LogP contribution in [0, 0.1) is 13.8 Å². The average molecular weight is 486 g/mol. The number of aromatic amines is 1. The normalized spacial score (nSPS) is 14.2. The van der Waals surface area contributed by atoms with Crippen LogP contribution in [0.2, 0.25) is 0 Å². The minimum absolute atomic E-state index is 0.192. The Bertz CT molecular complexity index is 1360. The minimum atomic E-state index is -0.192. The summed E-state index contributed by atoms with van der Waals surface area (Å²) in [5.74, 6) is 0.569. The zero-order valence-corrected chi connectivity index (χ0v) is 21.6. The number of oxazole rings is 1. The number of nitrogens with one attached hydrogen (secondary N) is 2. The van der Waals surface area contributed by atoms with Gasteiger partial charge in [0.1, 0.15) is 6.26 Å². The molecule has 0 spiro atoms. The fraction of sp³-hybridized carbons (Fsp3) is 0.414. The van der Waals surface area contributed by atoms with Crippen LogP contribution >= 0.6 is 0 Å². The molecule has 1 saturated heterocycles. The van der Waals surface area contributed by atoms with E-state index in [0.717, 1.165) is 52.1 Å². The molecule has 1 amide bonds. The van der Waals surface area contributed by atoms with Crippen LogP contribution in [-0.4, -0.2) is 51.9 Å². The van der Waals surface area contributed by atoms with Gasteiger partial charge in [0.25, 0.3) is 5.91 Å². The van der Waals surface area contributed by atoms with Gasteiger partial charge in [0.2, 0.25) is 5.89 Å². The molecule has 0 atom stereocenters. The van der Waals surface area contributed by atoms with Crippen LogP contribution in [0.15, 0.2) is 41.0 Å². The molecule has 0 unspecified atom stereocenters. The van der Waals surface area contributed by atoms with Crippen molar-refractivity contribution in [3.05, 3.63) is 59.2 Å². The number of hydrogen-bond donors (Lipinski definition) is 2. The van der Waals surface area contributed by atoms with E-state index in [4.69, 9.17) is 4.42 Å². The second kappa shape index (κ2) is 10.3. The molecule has 1 aliphatic heterocycles. The molecule has 0 radical (unpaired) electrons. The molecule has 1 aromatic carbocycles. The van der Waals surface area contributed by atoms with Gasteiger partial charge in [-0.1, -0.05) is 13.8 Å². The minimum Gasteiger partial charge on any atom is -0.444 e. The molecule has 1 fully saturated rings. The van der Waals surface area contributed by atoms with E-state index in [1.54, 1.807) is 0 Å². The van der Waals surface area contributed by atoms with Gasteiger partial charge in [-0.25, -0.2) is 4.98 Å². The molecular formula is C29H35N5O2. The summed E-state index contributed by atoms with van der Waals surface area (Å²) >= 11 is 0. The Hall–Kier alpha value is -3.45. The van der Waals surface area contributed by atoms with Crippen molar-refractivity contribution in [2.45, 2.75) is 52.9 Å². The van der Waals surface area contributed by atoms with Crippen molar-refractivity contribution >= 4 is 16.8 Å². The van der Waals surface area contributed by atoms with Crippen LogP contribution in [-0.2, 0) is 0 Å². The van der Waals surface area contributed by atoms with Crippen molar-refractivity contribution in [3.63, 3.8) is 0 Å². The van der Waals surface area contributed by atoms with Crippen molar-refractivity contribution in [2.75, 3.05) is 26.2 Å². The Morgan fingerprint density at radius 2 is 1.83 bits per heavy atom. The molecule has 4 aromatic rings. The predicted octanol–water partition coefficient (Wildman–Crippen LogP) is 5.84. The number of pyridine rings is 1. The third-order valence-corrected chi connectivity index (χ3v) is 6.91. The van der Waals surface area contributed by atoms with Gasteiger partial charge < -0.3 is 19.6 Å². The third-order valence-electron chi connectivity index (χ3n) is 6.91. The number of hydrogen-bond acceptors (Lipinski definition) is 5. The van der Waals surface area contributed by atoms with Crippen molar-refractivity contribution < 1.29 is 9.21 Å². The van der Waals surface area contributed by atoms with Crippen LogP contribution in [0.3, 0.4) is 0 Å². The highest BCUT2D eigenvalue weighted by Gasteiger charge is 2.19. The van der Waals surface area contributed by atoms with Crippen molar-refractivity contribution in [1.82, 2.24) is 25.2 Å². The van der Waals surface area contributed by atoms with E-state index < -0.39 is 0 Å². The van der Waals surface area contributed by atoms with Gasteiger partial charge in [-0.2, -0.15) is 0 Å². The summed E-state index contributed by atoms with van der Waals surface area (Å²) in [7, 11) is 0. The molecule has 188 valence electrons. The van der Waals surface area contributed by atoms with Gasteiger partial charge in [-0.05, 0) is 94.6 Å². The number of carbonyl (C=O) groups excluding carboxylic acids is 1. The molecule has 0 aliphatic carbocycles. The van der Waals surface area contributed by atoms with Gasteiger partial charge in [-0.3, -0.25) is 9.78 Å². The quantitative estimate of drug-likeness (QED) is 0.306. The lowest BCUT2D eigenvalue weighted by atomic mass is 9.95. The fourth-order valence-corrected chi connectivity index (χ4v) is 5.26. The number of aryl methyl sites for hydroxylation is 2. The summed E-state index contributed by atoms with van der Waals surface area (Å²) in [5.41, 5.74) is 7.74. The van der Waals surface area contributed by atoms with Crippen molar-refractivity contribution in [2.24, 2.45) is 0 Å². The predicted molar refractivity (Wildman–Crippen MR) is 143 cm³/mol. The zero-order chi connectivity index (χ0) is 25.2. The van der Waals surface area contributed by atoms with Crippen LogP contribution < -0.4 is 5.32 Å². The first-order valence-corrected chi connectivity index (χ1v) is 13.0. The summed E-state index contributed by atoms with van der Waals surface area (Å²) in [4.78, 5) is 27.7. The lowest BCUT2D eigenvalue weighted by Crippen LogP contribution is -2.28. The second-order valence-corrected chi connectivity index (χ2v) is 10.2. The maximum absolute atomic E-state index is 12.6. The fourth-order valence-electron chi connectivity index (χ4n) is 5.26. The molecule has 7 heteroatoms. The van der Waals surface area contributed by atoms with E-state index in [0.29, 0.717) is 24.0 Å². The lowest BCUT2D eigenvalue weighted by Gasteiger charge is -2.13. The molecule has 0 saturated carbocycles. The Morgan fingerprint density at radius 3 is 2.56 bits per heavy atom. The number of aromatic nitrogens is 3. The van der Waals surface area contributed by atoms with E-state index in [2.05, 4.69) is 63.3 Å². The van der Waals surface area contributed by atoms with Gasteiger partial charge in [-0.15, -0.1) is 0 Å². The Balaban J connectivity index is 1.36. The summed E-state index contributed by atoms with van der Waals surface area (Å²) in [5, 5.41) is 4.11. The summed E-state index contributed by atoms with van der Waals surface area (Å²) < 4.78 is 5.73. The zero-order valence-electron chi connectivity index (χ0n) is 21.6. The number of rotatable bonds is 8. The van der Waals surface area contributed by atoms with E-state index in [9.17, 15) is 4.79 Å². The summed E-state index contributed by atoms with van der Waals surface area (Å²) in [6.45, 7) is 12.5. The highest BCUT2D eigenvalue weighted by molar-refractivity contribution is 5.95. The maximum Gasteiger partial charge on any atom is 0.273 e. The van der Waals surface area contributed by atoms with Crippen molar-refractivity contribution in [1.29, 1.82) is 0 Å². The van der Waals surface area contributed by atoms with Gasteiger partial charge in [0.05, 0.1) is 5.69 Å². The Morgan fingerprint density at radius 1 is 1.08 bits per heavy atom. The Kier molecular flexibility index (Phi) is 6.92. The molecule has 7 nitrogen and oxygen atoms in total. The van der Waals surface area contributed by atoms with E-state index in [-0.39, 0.29) is 5.91 Å². The number of fused-ring (bicyclic) bond motifs is 1. The lowest BCUT2D eigenvalue weighted by molar-refractivity contribution is 0.0947. The molecule has 2 N–H and O–H groups in total. The number of likely N-dealkylation sites (tertiary alicyclic amines) is 1. The highest BCUT2D eigenvalue weighted by Crippen LogP contribution is 2.37. The number of amides is 1. The topological polar surface area (TPSA) is 87.0 Å². The largest absolute Gasteiger partial charge is 0.444 e. The first-order valence-electron chi connectivity index (χ1n) is 13.0. The van der Waals surface area contributed by atoms with Gasteiger partial charge in [0.15, 0.2) is 5.69 Å². The number of nitrogens with zero attached hydrogens (tertiary/aromatic N) is 3. The standard InChI is InChI=1S/C29H35N5O2/c1-18(2)26-23-16-21(8-9-24(23)32-27(26)22-14-19(3)31-20(4)15-22)29-33-25(17-36-29)28(35)30-10-7-13-34-11-5-6-12-34/h8-9,14-18,32H,5-7,10-13H2,1-4H3,(H,30,35). The summed E-state index contributed by atoms with van der Waals surface area (Å²) in [6.07, 6.45) is 4.96. The first kappa shape index (κ1) is 24.3. The number of H-pyrrole nitrogens is 1. The van der Waals surface area contributed by atoms with Gasteiger partial charge >= 0.3 is 0 Å². The molecule has 0 bridgehead atoms. The van der Waals surface area contributed by atoms with E-state index in [1.807, 2.05) is 19.9 Å². The van der Waals surface area contributed by atoms with E-state index in [1.165, 1.54) is 37.8 Å².